The van der Waals surface area contributed by atoms with Crippen molar-refractivity contribution in [1.82, 2.24) is 4.31 Å². The number of rotatable bonds is 8. The second kappa shape index (κ2) is 12.5. The molecule has 0 spiro atoms. The number of benzene rings is 3. The molecule has 1 saturated heterocycles. The number of carbonyl (C=O) groups is 1. The predicted octanol–water partition coefficient (Wildman–Crippen LogP) is 5.26. The lowest BCUT2D eigenvalue weighted by Crippen LogP contribution is -2.43. The van der Waals surface area contributed by atoms with E-state index in [-0.39, 0.29) is 5.91 Å². The Kier molecular flexibility index (Phi) is 9.39. The van der Waals surface area contributed by atoms with Gasteiger partial charge >= 0.3 is 0 Å². The highest BCUT2D eigenvalue weighted by Crippen LogP contribution is 2.30. The van der Waals surface area contributed by atoms with E-state index in [1.165, 1.54) is 0 Å². The first-order valence-corrected chi connectivity index (χ1v) is 14.7. The molecule has 3 aromatic carbocycles. The van der Waals surface area contributed by atoms with Crippen molar-refractivity contribution in [2.75, 3.05) is 54.0 Å². The normalized spacial score (nSPS) is 14.9. The number of anilines is 3. The van der Waals surface area contributed by atoms with Crippen molar-refractivity contribution in [3.63, 3.8) is 0 Å². The Labute approximate surface area is 234 Å². The maximum atomic E-state index is 13.1. The average Bonchev–Trinajstić information content (AvgIpc) is 2.88. The highest BCUT2D eigenvalue weighted by Gasteiger charge is 2.20. The number of nitrogens with two attached hydrogens (primary N) is 1. The van der Waals surface area contributed by atoms with E-state index in [9.17, 15) is 9.00 Å². The second-order valence-corrected chi connectivity index (χ2v) is 12.0. The first-order valence-electron chi connectivity index (χ1n) is 11.7. The van der Waals surface area contributed by atoms with Crippen LogP contribution in [0.25, 0.3) is 0 Å². The van der Waals surface area contributed by atoms with Crippen LogP contribution in [-0.4, -0.2) is 53.9 Å². The summed E-state index contributed by atoms with van der Waals surface area (Å²) in [5, 5.41) is 4.23. The van der Waals surface area contributed by atoms with Crippen LogP contribution in [0.2, 0.25) is 10.0 Å². The van der Waals surface area contributed by atoms with E-state index in [1.54, 1.807) is 47.8 Å². The number of halogens is 2. The van der Waals surface area contributed by atoms with Crippen LogP contribution in [0, 0.1) is 0 Å². The van der Waals surface area contributed by atoms with Crippen LogP contribution < -0.4 is 20.3 Å². The van der Waals surface area contributed by atoms with E-state index in [2.05, 4.69) is 14.5 Å². The highest BCUT2D eigenvalue weighted by molar-refractivity contribution is 7.97. The summed E-state index contributed by atoms with van der Waals surface area (Å²) < 4.78 is 15.9. The summed E-state index contributed by atoms with van der Waals surface area (Å²) in [6.07, 6.45) is 1.57. The van der Waals surface area contributed by atoms with Crippen LogP contribution in [0.4, 0.5) is 17.1 Å². The van der Waals surface area contributed by atoms with Crippen LogP contribution in [0.3, 0.4) is 0 Å². The fourth-order valence-electron chi connectivity index (χ4n) is 4.01. The third-order valence-corrected chi connectivity index (χ3v) is 8.57. The van der Waals surface area contributed by atoms with E-state index in [1.807, 2.05) is 42.5 Å². The summed E-state index contributed by atoms with van der Waals surface area (Å²) in [6, 6.07) is 18.8. The maximum Gasteiger partial charge on any atom is 0.257 e. The zero-order chi connectivity index (χ0) is 26.5. The van der Waals surface area contributed by atoms with E-state index in [0.29, 0.717) is 33.5 Å². The van der Waals surface area contributed by atoms with Gasteiger partial charge in [0.05, 0.1) is 11.3 Å². The minimum atomic E-state index is -1.27. The number of hydrogen-bond donors (Lipinski definition) is 2. The van der Waals surface area contributed by atoms with Crippen LogP contribution in [0.15, 0.2) is 65.6 Å². The van der Waals surface area contributed by atoms with Gasteiger partial charge in [-0.3, -0.25) is 9.10 Å². The molecule has 11 heteroatoms. The van der Waals surface area contributed by atoms with Gasteiger partial charge in [0.1, 0.15) is 11.0 Å². The molecule has 0 aliphatic carbocycles. The van der Waals surface area contributed by atoms with Crippen molar-refractivity contribution < 1.29 is 9.00 Å². The Hall–Kier alpha value is -2.27. The Morgan fingerprint density at radius 3 is 2.27 bits per heavy atom. The number of nitrogens with one attached hydrogen (secondary N) is 1. The van der Waals surface area contributed by atoms with Crippen molar-refractivity contribution in [2.24, 2.45) is 5.73 Å². The molecule has 3 N–H and O–H groups in total. The smallest absolute Gasteiger partial charge is 0.257 e. The SMILES string of the molecule is CN(c1ccc(CN)cc1C(=O)Nc1ccc(SN2CCN(c3cc(Cl)cc(Cl)c3)CC2)cc1)S(C)=O. The van der Waals surface area contributed by atoms with Gasteiger partial charge in [-0.25, -0.2) is 8.51 Å². The van der Waals surface area contributed by atoms with Crippen LogP contribution >= 0.6 is 35.1 Å². The molecule has 37 heavy (non-hydrogen) atoms. The van der Waals surface area contributed by atoms with Gasteiger partial charge in [0.15, 0.2) is 0 Å². The lowest BCUT2D eigenvalue weighted by molar-refractivity contribution is 0.102. The minimum Gasteiger partial charge on any atom is -0.369 e. The molecule has 0 aromatic heterocycles. The van der Waals surface area contributed by atoms with Gasteiger partial charge in [0.2, 0.25) is 0 Å². The standard InChI is InChI=1S/C26H29Cl2N5O2S2/c1-31(37(2)35)25-8-3-18(17-29)13-24(25)26(34)30-21-4-6-23(7-5-21)36-33-11-9-32(10-12-33)22-15-19(27)14-20(28)16-22/h3-8,13-16H,9-12,17,29H2,1-2H3,(H,30,34). The maximum absolute atomic E-state index is 13.1. The number of nitrogens with zero attached hydrogens (tertiary/aromatic N) is 3. The number of carbonyl (C=O) groups excluding carboxylic acids is 1. The van der Waals surface area contributed by atoms with Crippen molar-refractivity contribution >= 4 is 69.1 Å². The molecule has 7 nitrogen and oxygen atoms in total. The molecule has 3 aromatic rings. The van der Waals surface area contributed by atoms with Crippen molar-refractivity contribution in [1.29, 1.82) is 0 Å². The van der Waals surface area contributed by atoms with Gasteiger partial charge in [-0.05, 0) is 72.1 Å². The number of hydrogen-bond acceptors (Lipinski definition) is 6. The van der Waals surface area contributed by atoms with Gasteiger partial charge in [-0.15, -0.1) is 0 Å². The highest BCUT2D eigenvalue weighted by atomic mass is 35.5. The van der Waals surface area contributed by atoms with Gasteiger partial charge in [-0.2, -0.15) is 0 Å². The predicted molar refractivity (Wildman–Crippen MR) is 157 cm³/mol. The summed E-state index contributed by atoms with van der Waals surface area (Å²) in [5.74, 6) is -0.278. The first-order chi connectivity index (χ1) is 17.7. The lowest BCUT2D eigenvalue weighted by Gasteiger charge is -2.35. The van der Waals surface area contributed by atoms with E-state index in [0.717, 1.165) is 42.3 Å². The molecule has 0 radical (unpaired) electrons. The molecular formula is C26H29Cl2N5O2S2. The zero-order valence-electron chi connectivity index (χ0n) is 20.6. The Morgan fingerprint density at radius 2 is 1.68 bits per heavy atom. The average molecular weight is 579 g/mol. The molecule has 1 unspecified atom stereocenters. The van der Waals surface area contributed by atoms with Crippen molar-refractivity contribution in [3.05, 3.63) is 81.8 Å². The molecule has 1 atom stereocenters. The van der Waals surface area contributed by atoms with Crippen LogP contribution in [-0.2, 0) is 17.5 Å². The van der Waals surface area contributed by atoms with Gasteiger partial charge in [0.25, 0.3) is 5.91 Å². The summed E-state index contributed by atoms with van der Waals surface area (Å²) in [7, 11) is 0.429. The summed E-state index contributed by atoms with van der Waals surface area (Å²) in [4.78, 5) is 16.5. The van der Waals surface area contributed by atoms with E-state index < -0.39 is 11.0 Å². The number of piperazine rings is 1. The molecule has 1 fully saturated rings. The van der Waals surface area contributed by atoms with E-state index in [4.69, 9.17) is 28.9 Å². The van der Waals surface area contributed by atoms with Crippen LogP contribution in [0.1, 0.15) is 15.9 Å². The molecule has 1 amide bonds. The third-order valence-electron chi connectivity index (χ3n) is 6.06. The van der Waals surface area contributed by atoms with Crippen molar-refractivity contribution in [3.8, 4) is 0 Å². The fourth-order valence-corrected chi connectivity index (χ4v) is 5.86. The molecule has 4 rings (SSSR count). The number of amides is 1. The molecular weight excluding hydrogens is 549 g/mol. The topological polar surface area (TPSA) is 81.9 Å². The van der Waals surface area contributed by atoms with Gasteiger partial charge < -0.3 is 16.0 Å². The van der Waals surface area contributed by atoms with Gasteiger partial charge in [0, 0.05) is 72.3 Å². The summed E-state index contributed by atoms with van der Waals surface area (Å²) in [5.41, 5.74) is 9.34. The summed E-state index contributed by atoms with van der Waals surface area (Å²) in [6.45, 7) is 3.84. The Balaban J connectivity index is 1.36. The monoisotopic (exact) mass is 577 g/mol. The third kappa shape index (κ3) is 7.19. The molecule has 196 valence electrons. The van der Waals surface area contributed by atoms with E-state index >= 15 is 0 Å². The fraction of sp³-hybridized carbons (Fsp3) is 0.269. The molecule has 1 aliphatic heterocycles. The summed E-state index contributed by atoms with van der Waals surface area (Å²) >= 11 is 14.0. The molecule has 1 heterocycles. The largest absolute Gasteiger partial charge is 0.369 e. The molecule has 1 aliphatic rings. The van der Waals surface area contributed by atoms with Crippen LogP contribution in [0.5, 0.6) is 0 Å². The second-order valence-electron chi connectivity index (χ2n) is 8.59. The minimum absolute atomic E-state index is 0.278. The quantitative estimate of drug-likeness (QED) is 0.355. The van der Waals surface area contributed by atoms with Gasteiger partial charge in [-0.1, -0.05) is 29.3 Å². The molecule has 0 saturated carbocycles. The Morgan fingerprint density at radius 1 is 1.03 bits per heavy atom. The Bertz CT molecular complexity index is 1260. The molecule has 0 bridgehead atoms. The first kappa shape index (κ1) is 27.8. The van der Waals surface area contributed by atoms with Crippen molar-refractivity contribution in [2.45, 2.75) is 11.4 Å². The zero-order valence-corrected chi connectivity index (χ0v) is 23.8. The lowest BCUT2D eigenvalue weighted by atomic mass is 10.1.